The Kier molecular flexibility index (Phi) is 5.40. The lowest BCUT2D eigenvalue weighted by atomic mass is 10.1. The van der Waals surface area contributed by atoms with Gasteiger partial charge in [-0.25, -0.2) is 0 Å². The van der Waals surface area contributed by atoms with E-state index in [9.17, 15) is 13.2 Å². The zero-order valence-corrected chi connectivity index (χ0v) is 15.1. The van der Waals surface area contributed by atoms with Gasteiger partial charge in [-0.05, 0) is 62.4 Å². The average molecular weight is 371 g/mol. The summed E-state index contributed by atoms with van der Waals surface area (Å²) in [6.07, 6.45) is -4.35. The summed E-state index contributed by atoms with van der Waals surface area (Å²) in [4.78, 5) is 2.05. The van der Waals surface area contributed by atoms with E-state index in [0.29, 0.717) is 0 Å². The van der Waals surface area contributed by atoms with Gasteiger partial charge in [-0.2, -0.15) is 13.2 Å². The van der Waals surface area contributed by atoms with Gasteiger partial charge >= 0.3 is 6.18 Å². The Bertz CT molecular complexity index is 824. The van der Waals surface area contributed by atoms with Gasteiger partial charge in [0.25, 0.3) is 0 Å². The van der Waals surface area contributed by atoms with Crippen molar-refractivity contribution >= 4 is 17.1 Å². The van der Waals surface area contributed by atoms with Crippen molar-refractivity contribution in [3.8, 4) is 5.75 Å². The Morgan fingerprint density at radius 2 is 1.04 bits per heavy atom. The predicted molar refractivity (Wildman–Crippen MR) is 102 cm³/mol. The van der Waals surface area contributed by atoms with Crippen molar-refractivity contribution in [2.24, 2.45) is 0 Å². The van der Waals surface area contributed by atoms with Crippen molar-refractivity contribution in [3.63, 3.8) is 0 Å². The highest BCUT2D eigenvalue weighted by molar-refractivity contribution is 5.76. The average Bonchev–Trinajstić information content (AvgIpc) is 2.64. The lowest BCUT2D eigenvalue weighted by Gasteiger charge is -2.26. The molecule has 0 saturated heterocycles. The maximum Gasteiger partial charge on any atom is 0.422 e. The molecule has 0 amide bonds. The molecule has 0 aliphatic rings. The summed E-state index contributed by atoms with van der Waals surface area (Å²) in [6.45, 7) is 2.74. The van der Waals surface area contributed by atoms with Crippen LogP contribution in [0.5, 0.6) is 5.75 Å². The van der Waals surface area contributed by atoms with Gasteiger partial charge in [0, 0.05) is 17.1 Å². The minimum absolute atomic E-state index is 0.184. The summed E-state index contributed by atoms with van der Waals surface area (Å²) in [5, 5.41) is 0. The van der Waals surface area contributed by atoms with Gasteiger partial charge in [-0.15, -0.1) is 0 Å². The van der Waals surface area contributed by atoms with Crippen molar-refractivity contribution in [2.75, 3.05) is 11.5 Å². The Morgan fingerprint density at radius 1 is 0.667 bits per heavy atom. The van der Waals surface area contributed by atoms with E-state index in [1.165, 1.54) is 0 Å². The third-order valence-electron chi connectivity index (χ3n) is 4.08. The molecule has 3 rings (SSSR count). The molecule has 0 bridgehead atoms. The first-order chi connectivity index (χ1) is 12.8. The highest BCUT2D eigenvalue weighted by atomic mass is 19.4. The van der Waals surface area contributed by atoms with Gasteiger partial charge in [0.2, 0.25) is 0 Å². The number of hydrogen-bond donors (Lipinski definition) is 0. The summed E-state index contributed by atoms with van der Waals surface area (Å²) in [7, 11) is 0. The molecule has 2 nitrogen and oxygen atoms in total. The van der Waals surface area contributed by atoms with E-state index in [0.717, 1.165) is 28.2 Å². The van der Waals surface area contributed by atoms with Gasteiger partial charge in [-0.1, -0.05) is 35.4 Å². The van der Waals surface area contributed by atoms with E-state index < -0.39 is 12.8 Å². The first-order valence-corrected chi connectivity index (χ1v) is 8.55. The van der Waals surface area contributed by atoms with E-state index in [4.69, 9.17) is 4.74 Å². The minimum Gasteiger partial charge on any atom is -0.484 e. The number of nitrogens with zero attached hydrogens (tertiary/aromatic N) is 1. The summed E-state index contributed by atoms with van der Waals surface area (Å²) in [5.74, 6) is 0.184. The molecule has 3 aromatic carbocycles. The maximum atomic E-state index is 12.3. The second-order valence-corrected chi connectivity index (χ2v) is 6.40. The molecule has 0 atom stereocenters. The number of ether oxygens (including phenoxy) is 1. The van der Waals surface area contributed by atoms with Crippen molar-refractivity contribution in [3.05, 3.63) is 83.9 Å². The van der Waals surface area contributed by atoms with Crippen LogP contribution in [0.25, 0.3) is 0 Å². The van der Waals surface area contributed by atoms with Crippen molar-refractivity contribution < 1.29 is 17.9 Å². The Hall–Kier alpha value is -2.95. The number of aryl methyl sites for hydroxylation is 2. The van der Waals surface area contributed by atoms with E-state index in [1.54, 1.807) is 24.3 Å². The van der Waals surface area contributed by atoms with Crippen LogP contribution in [-0.4, -0.2) is 12.8 Å². The van der Waals surface area contributed by atoms with Gasteiger partial charge < -0.3 is 9.64 Å². The van der Waals surface area contributed by atoms with Crippen LogP contribution in [0, 0.1) is 13.8 Å². The molecule has 27 heavy (non-hydrogen) atoms. The zero-order chi connectivity index (χ0) is 19.4. The third-order valence-corrected chi connectivity index (χ3v) is 4.08. The van der Waals surface area contributed by atoms with Gasteiger partial charge in [0.15, 0.2) is 6.61 Å². The molecule has 0 fully saturated rings. The fourth-order valence-electron chi connectivity index (χ4n) is 2.69. The van der Waals surface area contributed by atoms with Crippen molar-refractivity contribution in [1.29, 1.82) is 0 Å². The summed E-state index contributed by atoms with van der Waals surface area (Å²) in [6, 6.07) is 22.8. The molecule has 0 spiro atoms. The molecule has 3 aromatic rings. The Morgan fingerprint density at radius 3 is 1.41 bits per heavy atom. The molecule has 0 aliphatic heterocycles. The molecular weight excluding hydrogens is 351 g/mol. The van der Waals surface area contributed by atoms with Crippen LogP contribution < -0.4 is 9.64 Å². The Balaban J connectivity index is 1.93. The molecule has 0 aliphatic carbocycles. The number of halogens is 3. The highest BCUT2D eigenvalue weighted by Crippen LogP contribution is 2.35. The summed E-state index contributed by atoms with van der Waals surface area (Å²) < 4.78 is 41.8. The molecule has 0 unspecified atom stereocenters. The predicted octanol–water partition coefficient (Wildman–Crippen LogP) is 6.71. The summed E-state index contributed by atoms with van der Waals surface area (Å²) >= 11 is 0. The molecule has 0 heterocycles. The number of benzene rings is 3. The van der Waals surface area contributed by atoms with E-state index >= 15 is 0 Å². The molecule has 140 valence electrons. The highest BCUT2D eigenvalue weighted by Gasteiger charge is 2.28. The minimum atomic E-state index is -4.35. The SMILES string of the molecule is Cc1ccc(N(c2ccc(C)cc2)c2ccc(OCC(F)(F)F)cc2)cc1. The van der Waals surface area contributed by atoms with E-state index in [2.05, 4.69) is 0 Å². The van der Waals surface area contributed by atoms with E-state index in [1.807, 2.05) is 67.3 Å². The fourth-order valence-corrected chi connectivity index (χ4v) is 2.69. The normalized spacial score (nSPS) is 11.3. The fraction of sp³-hybridized carbons (Fsp3) is 0.182. The molecular formula is C22H20F3NO. The molecule has 0 N–H and O–H groups in total. The van der Waals surface area contributed by atoms with Crippen LogP contribution >= 0.6 is 0 Å². The van der Waals surface area contributed by atoms with Crippen LogP contribution in [0.15, 0.2) is 72.8 Å². The van der Waals surface area contributed by atoms with Gasteiger partial charge in [0.05, 0.1) is 0 Å². The quantitative estimate of drug-likeness (QED) is 0.494. The second kappa shape index (κ2) is 7.74. The van der Waals surface area contributed by atoms with Gasteiger partial charge in [-0.3, -0.25) is 0 Å². The lowest BCUT2D eigenvalue weighted by Crippen LogP contribution is -2.19. The van der Waals surface area contributed by atoms with Crippen LogP contribution in [0.3, 0.4) is 0 Å². The van der Waals surface area contributed by atoms with Crippen LogP contribution in [-0.2, 0) is 0 Å². The summed E-state index contributed by atoms with van der Waals surface area (Å²) in [5.41, 5.74) is 5.07. The molecule has 0 radical (unpaired) electrons. The van der Waals surface area contributed by atoms with Crippen molar-refractivity contribution in [2.45, 2.75) is 20.0 Å². The van der Waals surface area contributed by atoms with E-state index in [-0.39, 0.29) is 5.75 Å². The standard InChI is InChI=1S/C22H20F3NO/c1-16-3-7-18(8-4-16)26(19-9-5-17(2)6-10-19)20-11-13-21(14-12-20)27-15-22(23,24)25/h3-14H,15H2,1-2H3. The molecule has 0 saturated carbocycles. The number of anilines is 3. The van der Waals surface area contributed by atoms with Crippen LogP contribution in [0.4, 0.5) is 30.2 Å². The third kappa shape index (κ3) is 5.03. The van der Waals surface area contributed by atoms with Crippen LogP contribution in [0.1, 0.15) is 11.1 Å². The molecule has 0 aromatic heterocycles. The number of hydrogen-bond acceptors (Lipinski definition) is 2. The first-order valence-electron chi connectivity index (χ1n) is 8.55. The van der Waals surface area contributed by atoms with Crippen LogP contribution in [0.2, 0.25) is 0 Å². The largest absolute Gasteiger partial charge is 0.484 e. The maximum absolute atomic E-state index is 12.3. The number of alkyl halides is 3. The monoisotopic (exact) mass is 371 g/mol. The van der Waals surface area contributed by atoms with Crippen molar-refractivity contribution in [1.82, 2.24) is 0 Å². The zero-order valence-electron chi connectivity index (χ0n) is 15.1. The Labute approximate surface area is 156 Å². The topological polar surface area (TPSA) is 12.5 Å². The first kappa shape index (κ1) is 18.8. The molecule has 5 heteroatoms. The second-order valence-electron chi connectivity index (χ2n) is 6.40. The smallest absolute Gasteiger partial charge is 0.422 e. The van der Waals surface area contributed by atoms with Gasteiger partial charge in [0.1, 0.15) is 5.75 Å². The lowest BCUT2D eigenvalue weighted by molar-refractivity contribution is -0.153. The number of rotatable bonds is 5.